The summed E-state index contributed by atoms with van der Waals surface area (Å²) in [4.78, 5) is 26.6. The van der Waals surface area contributed by atoms with Crippen molar-refractivity contribution in [1.82, 2.24) is 10.2 Å². The van der Waals surface area contributed by atoms with E-state index in [2.05, 4.69) is 5.32 Å². The third-order valence-corrected chi connectivity index (χ3v) is 4.79. The number of imide groups is 1. The summed E-state index contributed by atoms with van der Waals surface area (Å²) in [6.07, 6.45) is 0. The molecule has 7 heteroatoms. The van der Waals surface area contributed by atoms with Crippen LogP contribution in [0.5, 0.6) is 11.5 Å². The number of amides is 3. The molecule has 1 unspecified atom stereocenters. The van der Waals surface area contributed by atoms with Crippen LogP contribution in [0.3, 0.4) is 0 Å². The molecular formula is C18H15ClN2O4. The van der Waals surface area contributed by atoms with Crippen LogP contribution in [0.25, 0.3) is 0 Å². The molecule has 2 aliphatic rings. The van der Waals surface area contributed by atoms with Crippen LogP contribution >= 0.6 is 11.6 Å². The molecule has 3 amide bonds. The monoisotopic (exact) mass is 358 g/mol. The SMILES string of the molecule is CC1(c2ccccc2Cl)NC(=O)N(Cc2ccc3c(c2)OCO3)C1=O. The van der Waals surface area contributed by atoms with Gasteiger partial charge in [-0.3, -0.25) is 9.69 Å². The van der Waals surface area contributed by atoms with Crippen molar-refractivity contribution in [1.29, 1.82) is 0 Å². The number of hydrogen-bond donors (Lipinski definition) is 1. The van der Waals surface area contributed by atoms with Crippen LogP contribution in [0.15, 0.2) is 42.5 Å². The number of carbonyl (C=O) groups excluding carboxylic acids is 2. The average molecular weight is 359 g/mol. The number of nitrogens with one attached hydrogen (secondary N) is 1. The predicted molar refractivity (Wildman–Crippen MR) is 90.5 cm³/mol. The van der Waals surface area contributed by atoms with Crippen LogP contribution in [0, 0.1) is 0 Å². The van der Waals surface area contributed by atoms with E-state index in [1.165, 1.54) is 4.90 Å². The first-order valence-electron chi connectivity index (χ1n) is 7.77. The van der Waals surface area contributed by atoms with E-state index in [4.69, 9.17) is 21.1 Å². The Labute approximate surface area is 149 Å². The van der Waals surface area contributed by atoms with Crippen molar-refractivity contribution in [2.75, 3.05) is 6.79 Å². The van der Waals surface area contributed by atoms with Gasteiger partial charge in [0.25, 0.3) is 5.91 Å². The highest BCUT2D eigenvalue weighted by molar-refractivity contribution is 6.32. The number of nitrogens with zero attached hydrogens (tertiary/aromatic N) is 1. The zero-order chi connectivity index (χ0) is 17.6. The minimum Gasteiger partial charge on any atom is -0.454 e. The molecule has 1 saturated heterocycles. The first-order chi connectivity index (χ1) is 12.0. The molecule has 0 aromatic heterocycles. The molecule has 0 spiro atoms. The van der Waals surface area contributed by atoms with Gasteiger partial charge in [0.15, 0.2) is 11.5 Å². The van der Waals surface area contributed by atoms with Gasteiger partial charge in [-0.2, -0.15) is 0 Å². The Hall–Kier alpha value is -2.73. The Morgan fingerprint density at radius 2 is 1.92 bits per heavy atom. The van der Waals surface area contributed by atoms with E-state index in [1.807, 2.05) is 0 Å². The molecule has 6 nitrogen and oxygen atoms in total. The van der Waals surface area contributed by atoms with Gasteiger partial charge in [0, 0.05) is 10.6 Å². The summed E-state index contributed by atoms with van der Waals surface area (Å²) in [6.45, 7) is 1.97. The van der Waals surface area contributed by atoms with Crippen molar-refractivity contribution in [2.24, 2.45) is 0 Å². The van der Waals surface area contributed by atoms with Gasteiger partial charge >= 0.3 is 6.03 Å². The van der Waals surface area contributed by atoms with Crippen molar-refractivity contribution in [3.05, 3.63) is 58.6 Å². The summed E-state index contributed by atoms with van der Waals surface area (Å²) in [7, 11) is 0. The zero-order valence-electron chi connectivity index (χ0n) is 13.4. The van der Waals surface area contributed by atoms with Crippen LogP contribution in [0.1, 0.15) is 18.1 Å². The Morgan fingerprint density at radius 3 is 2.72 bits per heavy atom. The van der Waals surface area contributed by atoms with Crippen molar-refractivity contribution in [2.45, 2.75) is 19.0 Å². The van der Waals surface area contributed by atoms with E-state index in [1.54, 1.807) is 49.4 Å². The molecule has 2 aromatic carbocycles. The van der Waals surface area contributed by atoms with Crippen molar-refractivity contribution in [3.63, 3.8) is 0 Å². The topological polar surface area (TPSA) is 67.9 Å². The Morgan fingerprint density at radius 1 is 1.16 bits per heavy atom. The van der Waals surface area contributed by atoms with E-state index in [0.717, 1.165) is 5.56 Å². The van der Waals surface area contributed by atoms with Gasteiger partial charge in [0.1, 0.15) is 5.54 Å². The van der Waals surface area contributed by atoms with Gasteiger partial charge in [-0.25, -0.2) is 4.79 Å². The molecule has 4 rings (SSSR count). The first kappa shape index (κ1) is 15.8. The molecule has 2 aliphatic heterocycles. The molecule has 2 aromatic rings. The molecule has 0 bridgehead atoms. The van der Waals surface area contributed by atoms with E-state index >= 15 is 0 Å². The highest BCUT2D eigenvalue weighted by atomic mass is 35.5. The fourth-order valence-corrected chi connectivity index (χ4v) is 3.44. The number of halogens is 1. The maximum absolute atomic E-state index is 13.0. The summed E-state index contributed by atoms with van der Waals surface area (Å²) in [5.41, 5.74) is 0.158. The minimum atomic E-state index is -1.19. The van der Waals surface area contributed by atoms with Crippen molar-refractivity contribution in [3.8, 4) is 11.5 Å². The van der Waals surface area contributed by atoms with Gasteiger partial charge in [0.2, 0.25) is 6.79 Å². The maximum atomic E-state index is 13.0. The summed E-state index contributed by atoms with van der Waals surface area (Å²) in [5, 5.41) is 3.19. The molecule has 1 fully saturated rings. The number of rotatable bonds is 3. The lowest BCUT2D eigenvalue weighted by molar-refractivity contribution is -0.131. The lowest BCUT2D eigenvalue weighted by Gasteiger charge is -2.23. The van der Waals surface area contributed by atoms with Crippen LogP contribution in [0.4, 0.5) is 4.79 Å². The Kier molecular flexibility index (Phi) is 3.58. The van der Waals surface area contributed by atoms with Crippen LogP contribution in [-0.4, -0.2) is 23.6 Å². The third-order valence-electron chi connectivity index (χ3n) is 4.47. The standard InChI is InChI=1S/C18H15ClN2O4/c1-18(12-4-2-3-5-13(12)19)16(22)21(17(23)20-18)9-11-6-7-14-15(8-11)25-10-24-14/h2-8H,9-10H2,1H3,(H,20,23). The summed E-state index contributed by atoms with van der Waals surface area (Å²) in [5.74, 6) is 0.920. The molecule has 128 valence electrons. The first-order valence-corrected chi connectivity index (χ1v) is 8.14. The molecule has 1 N–H and O–H groups in total. The molecule has 0 saturated carbocycles. The highest BCUT2D eigenvalue weighted by Crippen LogP contribution is 2.36. The van der Waals surface area contributed by atoms with Crippen LogP contribution < -0.4 is 14.8 Å². The van der Waals surface area contributed by atoms with E-state index in [9.17, 15) is 9.59 Å². The molecule has 0 aliphatic carbocycles. The summed E-state index contributed by atoms with van der Waals surface area (Å²) < 4.78 is 10.6. The van der Waals surface area contributed by atoms with Crippen molar-refractivity contribution < 1.29 is 19.1 Å². The van der Waals surface area contributed by atoms with Gasteiger partial charge in [-0.1, -0.05) is 35.9 Å². The van der Waals surface area contributed by atoms with Gasteiger partial charge in [-0.05, 0) is 30.7 Å². The molecule has 0 radical (unpaired) electrons. The fourth-order valence-electron chi connectivity index (χ4n) is 3.11. The predicted octanol–water partition coefficient (Wildman–Crippen LogP) is 3.04. The smallest absolute Gasteiger partial charge is 0.325 e. The lowest BCUT2D eigenvalue weighted by atomic mass is 9.92. The third kappa shape index (κ3) is 2.49. The molecular weight excluding hydrogens is 344 g/mol. The van der Waals surface area contributed by atoms with E-state index < -0.39 is 11.6 Å². The summed E-state index contributed by atoms with van der Waals surface area (Å²) >= 11 is 6.23. The molecule has 2 heterocycles. The van der Waals surface area contributed by atoms with Gasteiger partial charge in [-0.15, -0.1) is 0 Å². The number of urea groups is 1. The number of ether oxygens (including phenoxy) is 2. The van der Waals surface area contributed by atoms with E-state index in [-0.39, 0.29) is 19.2 Å². The second kappa shape index (κ2) is 5.67. The Bertz CT molecular complexity index is 885. The average Bonchev–Trinajstić information content (AvgIpc) is 3.14. The van der Waals surface area contributed by atoms with Crippen LogP contribution in [0.2, 0.25) is 5.02 Å². The fraction of sp³-hybridized carbons (Fsp3) is 0.222. The lowest BCUT2D eigenvalue weighted by Crippen LogP contribution is -2.41. The quantitative estimate of drug-likeness (QED) is 0.856. The second-order valence-electron chi connectivity index (χ2n) is 6.11. The summed E-state index contributed by atoms with van der Waals surface area (Å²) in [6, 6.07) is 11.9. The second-order valence-corrected chi connectivity index (χ2v) is 6.52. The maximum Gasteiger partial charge on any atom is 0.325 e. The highest BCUT2D eigenvalue weighted by Gasteiger charge is 2.49. The Balaban J connectivity index is 1.63. The number of hydrogen-bond acceptors (Lipinski definition) is 4. The van der Waals surface area contributed by atoms with Crippen LogP contribution in [-0.2, 0) is 16.9 Å². The number of fused-ring (bicyclic) bond motifs is 1. The van der Waals surface area contributed by atoms with E-state index in [0.29, 0.717) is 22.1 Å². The van der Waals surface area contributed by atoms with Crippen molar-refractivity contribution >= 4 is 23.5 Å². The largest absolute Gasteiger partial charge is 0.454 e. The molecule has 25 heavy (non-hydrogen) atoms. The normalized spacial score (nSPS) is 21.6. The number of carbonyl (C=O) groups is 2. The zero-order valence-corrected chi connectivity index (χ0v) is 14.2. The van der Waals surface area contributed by atoms with Gasteiger partial charge in [0.05, 0.1) is 6.54 Å². The molecule has 1 atom stereocenters. The minimum absolute atomic E-state index is 0.140. The number of benzene rings is 2. The van der Waals surface area contributed by atoms with Gasteiger partial charge < -0.3 is 14.8 Å².